The molecule has 0 N–H and O–H groups in total. The molecule has 0 amide bonds. The van der Waals surface area contributed by atoms with Gasteiger partial charge in [-0.3, -0.25) is 0 Å². The Labute approximate surface area is 55.3 Å². The van der Waals surface area contributed by atoms with Crippen molar-refractivity contribution in [3.63, 3.8) is 0 Å². The Morgan fingerprint density at radius 2 is 2.30 bits per heavy atom. The minimum atomic E-state index is 0.383. The molecule has 10 heavy (non-hydrogen) atoms. The summed E-state index contributed by atoms with van der Waals surface area (Å²) >= 11 is 0. The highest BCUT2D eigenvalue weighted by atomic mass is 15.3. The van der Waals surface area contributed by atoms with Gasteiger partial charge >= 0.3 is 0 Å². The summed E-state index contributed by atoms with van der Waals surface area (Å²) in [6.45, 7) is 0. The molecule has 0 aromatic carbocycles. The van der Waals surface area contributed by atoms with Gasteiger partial charge in [-0.1, -0.05) is 0 Å². The number of rotatable bonds is 0. The first-order valence-electron chi connectivity index (χ1n) is 2.51. The number of aromatic nitrogens is 6. The summed E-state index contributed by atoms with van der Waals surface area (Å²) < 4.78 is 0. The van der Waals surface area contributed by atoms with Gasteiger partial charge in [-0.05, 0) is 5.21 Å². The van der Waals surface area contributed by atoms with E-state index in [0.29, 0.717) is 11.2 Å². The lowest BCUT2D eigenvalue weighted by Gasteiger charge is -1.85. The van der Waals surface area contributed by atoms with Crippen LogP contribution in [0.15, 0.2) is 6.20 Å². The van der Waals surface area contributed by atoms with Crippen LogP contribution in [0.25, 0.3) is 11.2 Å². The zero-order valence-electron chi connectivity index (χ0n) is 4.76. The summed E-state index contributed by atoms with van der Waals surface area (Å²) in [5, 5.41) is 17.4. The maximum Gasteiger partial charge on any atom is 0.225 e. The number of hydrogen-bond donors (Lipinski definition) is 0. The van der Waals surface area contributed by atoms with E-state index in [0.717, 1.165) is 0 Å². The lowest BCUT2D eigenvalue weighted by Crippen LogP contribution is -1.93. The molecular weight excluding hydrogens is 132 g/mol. The van der Waals surface area contributed by atoms with Crippen LogP contribution in [-0.4, -0.2) is 30.6 Å². The molecular formula is C4HN6. The highest BCUT2D eigenvalue weighted by Crippen LogP contribution is 1.94. The van der Waals surface area contributed by atoms with Crippen molar-refractivity contribution in [2.24, 2.45) is 0 Å². The van der Waals surface area contributed by atoms with Crippen LogP contribution in [0.1, 0.15) is 0 Å². The van der Waals surface area contributed by atoms with Crippen molar-refractivity contribution in [1.29, 1.82) is 0 Å². The predicted octanol–water partition coefficient (Wildman–Crippen LogP) is -0.990. The molecule has 47 valence electrons. The second-order valence-corrected chi connectivity index (χ2v) is 1.55. The molecule has 0 atom stereocenters. The van der Waals surface area contributed by atoms with Gasteiger partial charge in [0, 0.05) is 0 Å². The third kappa shape index (κ3) is 0.661. The molecule has 0 spiro atoms. The molecule has 2 aromatic rings. The fourth-order valence-corrected chi connectivity index (χ4v) is 0.554. The van der Waals surface area contributed by atoms with Gasteiger partial charge in [0.2, 0.25) is 12.0 Å². The van der Waals surface area contributed by atoms with Gasteiger partial charge in [-0.2, -0.15) is 0 Å². The van der Waals surface area contributed by atoms with E-state index in [1.165, 1.54) is 6.20 Å². The van der Waals surface area contributed by atoms with E-state index in [2.05, 4.69) is 36.9 Å². The van der Waals surface area contributed by atoms with Crippen LogP contribution in [0.5, 0.6) is 0 Å². The molecule has 6 heteroatoms. The molecule has 0 saturated carbocycles. The van der Waals surface area contributed by atoms with E-state index >= 15 is 0 Å². The van der Waals surface area contributed by atoms with Crippen molar-refractivity contribution >= 4 is 11.2 Å². The monoisotopic (exact) mass is 133 g/mol. The van der Waals surface area contributed by atoms with Crippen molar-refractivity contribution < 1.29 is 0 Å². The van der Waals surface area contributed by atoms with Crippen molar-refractivity contribution in [2.45, 2.75) is 0 Å². The summed E-state index contributed by atoms with van der Waals surface area (Å²) in [7, 11) is 0. The minimum absolute atomic E-state index is 0.383. The maximum atomic E-state index is 3.72. The number of hydrogen-bond acceptors (Lipinski definition) is 6. The molecule has 0 aliphatic rings. The van der Waals surface area contributed by atoms with Crippen LogP contribution in [-0.2, 0) is 0 Å². The summed E-state index contributed by atoms with van der Waals surface area (Å²) in [5.41, 5.74) is 0.929. The third-order valence-electron chi connectivity index (χ3n) is 0.960. The molecule has 0 aliphatic heterocycles. The van der Waals surface area contributed by atoms with Gasteiger partial charge in [-0.25, -0.2) is 4.98 Å². The van der Waals surface area contributed by atoms with Gasteiger partial charge in [-0.15, -0.1) is 20.4 Å². The Bertz CT molecular complexity index is 281. The van der Waals surface area contributed by atoms with Crippen LogP contribution >= 0.6 is 0 Å². The average molecular weight is 133 g/mol. The van der Waals surface area contributed by atoms with E-state index in [1.807, 2.05) is 0 Å². The highest BCUT2D eigenvalue weighted by molar-refractivity contribution is 5.65. The molecule has 0 fully saturated rings. The molecule has 1 radical (unpaired) electrons. The zero-order chi connectivity index (χ0) is 6.81. The van der Waals surface area contributed by atoms with E-state index in [9.17, 15) is 0 Å². The Kier molecular flexibility index (Phi) is 0.970. The van der Waals surface area contributed by atoms with E-state index in [-0.39, 0.29) is 0 Å². The second kappa shape index (κ2) is 1.90. The van der Waals surface area contributed by atoms with Crippen LogP contribution in [0.3, 0.4) is 0 Å². The number of nitrogens with zero attached hydrogens (tertiary/aromatic N) is 6. The molecule has 6 nitrogen and oxygen atoms in total. The molecule has 0 saturated heterocycles. The quantitative estimate of drug-likeness (QED) is 0.459. The lowest BCUT2D eigenvalue weighted by molar-refractivity contribution is 0.857. The topological polar surface area (TPSA) is 77.3 Å². The summed E-state index contributed by atoms with van der Waals surface area (Å²) in [6.07, 6.45) is 3.77. The first-order chi connectivity index (χ1) is 4.97. The fraction of sp³-hybridized carbons (Fsp3) is 0. The summed E-state index contributed by atoms with van der Waals surface area (Å²) in [6, 6.07) is 0. The molecule has 0 aliphatic carbocycles. The minimum Gasteiger partial charge on any atom is -0.218 e. The molecule has 2 heterocycles. The Morgan fingerprint density at radius 1 is 1.30 bits per heavy atom. The maximum absolute atomic E-state index is 3.72. The normalized spacial score (nSPS) is 10.0. The molecule has 0 bridgehead atoms. The van der Waals surface area contributed by atoms with Gasteiger partial charge in [0.05, 0.1) is 6.20 Å². The first-order valence-corrected chi connectivity index (χ1v) is 2.51. The average Bonchev–Trinajstić information content (AvgIpc) is 2.05. The lowest BCUT2D eigenvalue weighted by atomic mass is 10.6. The molecule has 0 unspecified atom stereocenters. The Hall–Kier alpha value is -1.72. The van der Waals surface area contributed by atoms with Crippen LogP contribution in [0.2, 0.25) is 0 Å². The van der Waals surface area contributed by atoms with Gasteiger partial charge < -0.3 is 0 Å². The number of fused-ring (bicyclic) bond motifs is 1. The van der Waals surface area contributed by atoms with Gasteiger partial charge in [0.15, 0.2) is 0 Å². The van der Waals surface area contributed by atoms with Gasteiger partial charge in [0.25, 0.3) is 0 Å². The van der Waals surface area contributed by atoms with Crippen LogP contribution < -0.4 is 0 Å². The van der Waals surface area contributed by atoms with E-state index in [4.69, 9.17) is 0 Å². The highest BCUT2D eigenvalue weighted by Gasteiger charge is 1.94. The fourth-order valence-electron chi connectivity index (χ4n) is 0.554. The van der Waals surface area contributed by atoms with Crippen molar-refractivity contribution in [2.75, 3.05) is 0 Å². The third-order valence-corrected chi connectivity index (χ3v) is 0.960. The van der Waals surface area contributed by atoms with Crippen LogP contribution in [0.4, 0.5) is 0 Å². The van der Waals surface area contributed by atoms with E-state index in [1.54, 1.807) is 0 Å². The SMILES string of the molecule is [c]1nnc2nnncc2n1. The summed E-state index contributed by atoms with van der Waals surface area (Å²) in [5.74, 6) is 0. The summed E-state index contributed by atoms with van der Waals surface area (Å²) in [4.78, 5) is 3.72. The van der Waals surface area contributed by atoms with Crippen molar-refractivity contribution in [1.82, 2.24) is 30.6 Å². The van der Waals surface area contributed by atoms with Crippen LogP contribution in [0, 0.1) is 6.33 Å². The standard InChI is InChI=1S/C4HN6/c1-3-4(9-10-6-1)8-7-2-5-3/h1H. The Balaban J connectivity index is 2.89. The largest absolute Gasteiger partial charge is 0.225 e. The molecule has 2 aromatic heterocycles. The van der Waals surface area contributed by atoms with Gasteiger partial charge in [0.1, 0.15) is 5.52 Å². The molecule has 2 rings (SSSR count). The predicted molar refractivity (Wildman–Crippen MR) is 29.6 cm³/mol. The Morgan fingerprint density at radius 3 is 3.20 bits per heavy atom. The first kappa shape index (κ1) is 5.10. The second-order valence-electron chi connectivity index (χ2n) is 1.55. The van der Waals surface area contributed by atoms with E-state index < -0.39 is 0 Å². The zero-order valence-corrected chi connectivity index (χ0v) is 4.76. The smallest absolute Gasteiger partial charge is 0.218 e. The van der Waals surface area contributed by atoms with Crippen molar-refractivity contribution in [3.8, 4) is 0 Å². The van der Waals surface area contributed by atoms with Crippen molar-refractivity contribution in [3.05, 3.63) is 12.5 Å².